The number of carbonyl (C=O) groups excluding carboxylic acids is 1. The first-order chi connectivity index (χ1) is 11.0. The largest absolute Gasteiger partial charge is 0.490 e. The molecule has 6 nitrogen and oxygen atoms in total. The van der Waals surface area contributed by atoms with Crippen molar-refractivity contribution in [2.24, 2.45) is 11.0 Å². The van der Waals surface area contributed by atoms with Crippen molar-refractivity contribution in [3.63, 3.8) is 0 Å². The minimum Gasteiger partial charge on any atom is -0.490 e. The zero-order valence-corrected chi connectivity index (χ0v) is 14.5. The Bertz CT molecular complexity index is 514. The summed E-state index contributed by atoms with van der Waals surface area (Å²) in [6.07, 6.45) is 1.67. The average Bonchev–Trinajstić information content (AvgIpc) is 2.50. The van der Waals surface area contributed by atoms with Crippen molar-refractivity contribution in [1.82, 2.24) is 5.43 Å². The lowest BCUT2D eigenvalue weighted by atomic mass is 10.1. The zero-order valence-electron chi connectivity index (χ0n) is 14.5. The number of hydrazone groups is 1. The molecule has 0 unspecified atom stereocenters. The van der Waals surface area contributed by atoms with E-state index in [1.54, 1.807) is 18.3 Å². The summed E-state index contributed by atoms with van der Waals surface area (Å²) >= 11 is 0. The van der Waals surface area contributed by atoms with Crippen molar-refractivity contribution in [3.8, 4) is 17.2 Å². The van der Waals surface area contributed by atoms with Crippen LogP contribution in [0.3, 0.4) is 0 Å². The molecule has 0 radical (unpaired) electrons. The van der Waals surface area contributed by atoms with Crippen molar-refractivity contribution in [2.45, 2.75) is 34.6 Å². The molecular formula is C17H26N2O4. The van der Waals surface area contributed by atoms with E-state index in [-0.39, 0.29) is 11.8 Å². The van der Waals surface area contributed by atoms with Crippen LogP contribution in [0.15, 0.2) is 17.2 Å². The van der Waals surface area contributed by atoms with Gasteiger partial charge in [-0.25, -0.2) is 5.43 Å². The molecule has 1 N–H and O–H groups in total. The Morgan fingerprint density at radius 1 is 1.09 bits per heavy atom. The molecule has 0 atom stereocenters. The predicted molar refractivity (Wildman–Crippen MR) is 90.7 cm³/mol. The molecule has 0 saturated carbocycles. The van der Waals surface area contributed by atoms with Crippen LogP contribution in [0.1, 0.15) is 45.0 Å². The maximum Gasteiger partial charge on any atom is 0.271 e. The normalized spacial score (nSPS) is 10.9. The highest BCUT2D eigenvalue weighted by atomic mass is 16.5. The molecule has 1 aromatic carbocycles. The minimum absolute atomic E-state index is 0.258. The molecule has 0 aliphatic heterocycles. The number of benzene rings is 1. The standard InChI is InChI=1S/C17H26N2O4/c1-6-21-14-9-13(17(20)19-18-11-12(4)5)10-15(22-7-2)16(14)23-8-3/h9-12H,6-8H2,1-5H3,(H,19,20)/b18-11+. The van der Waals surface area contributed by atoms with Crippen LogP contribution in [0.5, 0.6) is 17.2 Å². The summed E-state index contributed by atoms with van der Waals surface area (Å²) in [6.45, 7) is 11.0. The average molecular weight is 322 g/mol. The highest BCUT2D eigenvalue weighted by Crippen LogP contribution is 2.39. The number of rotatable bonds is 9. The maximum absolute atomic E-state index is 12.2. The second-order valence-corrected chi connectivity index (χ2v) is 5.06. The van der Waals surface area contributed by atoms with E-state index in [2.05, 4.69) is 10.5 Å². The van der Waals surface area contributed by atoms with E-state index >= 15 is 0 Å². The van der Waals surface area contributed by atoms with E-state index in [1.165, 1.54) is 0 Å². The van der Waals surface area contributed by atoms with E-state index in [0.717, 1.165) is 0 Å². The second-order valence-electron chi connectivity index (χ2n) is 5.06. The molecule has 0 fully saturated rings. The van der Waals surface area contributed by atoms with Crippen LogP contribution < -0.4 is 19.6 Å². The molecule has 128 valence electrons. The first-order valence-corrected chi connectivity index (χ1v) is 7.93. The highest BCUT2D eigenvalue weighted by molar-refractivity contribution is 5.95. The van der Waals surface area contributed by atoms with Gasteiger partial charge in [-0.2, -0.15) is 5.10 Å². The van der Waals surface area contributed by atoms with Gasteiger partial charge in [0, 0.05) is 11.8 Å². The van der Waals surface area contributed by atoms with E-state index in [9.17, 15) is 4.79 Å². The molecule has 0 aromatic heterocycles. The van der Waals surface area contributed by atoms with Gasteiger partial charge in [-0.1, -0.05) is 13.8 Å². The van der Waals surface area contributed by atoms with Crippen molar-refractivity contribution in [3.05, 3.63) is 17.7 Å². The second kappa shape index (κ2) is 9.71. The summed E-state index contributed by atoms with van der Waals surface area (Å²) in [7, 11) is 0. The van der Waals surface area contributed by atoms with Gasteiger partial charge in [0.05, 0.1) is 19.8 Å². The fourth-order valence-corrected chi connectivity index (χ4v) is 1.83. The molecule has 1 aromatic rings. The van der Waals surface area contributed by atoms with Crippen molar-refractivity contribution >= 4 is 12.1 Å². The monoisotopic (exact) mass is 322 g/mol. The summed E-state index contributed by atoms with van der Waals surface area (Å²) in [4.78, 5) is 12.2. The van der Waals surface area contributed by atoms with Crippen molar-refractivity contribution < 1.29 is 19.0 Å². The Labute approximate surface area is 137 Å². The smallest absolute Gasteiger partial charge is 0.271 e. The molecule has 0 aliphatic rings. The number of nitrogens with one attached hydrogen (secondary N) is 1. The Morgan fingerprint density at radius 3 is 2.04 bits per heavy atom. The van der Waals surface area contributed by atoms with E-state index in [1.807, 2.05) is 34.6 Å². The molecule has 1 rings (SSSR count). The third-order valence-corrected chi connectivity index (χ3v) is 2.71. The quantitative estimate of drug-likeness (QED) is 0.560. The Balaban J connectivity index is 3.14. The van der Waals surface area contributed by atoms with Gasteiger partial charge >= 0.3 is 0 Å². The van der Waals surface area contributed by atoms with Gasteiger partial charge in [-0.3, -0.25) is 4.79 Å². The van der Waals surface area contributed by atoms with Crippen LogP contribution in [0.25, 0.3) is 0 Å². The van der Waals surface area contributed by atoms with Gasteiger partial charge in [-0.15, -0.1) is 0 Å². The van der Waals surface area contributed by atoms with Crippen LogP contribution in [-0.4, -0.2) is 31.9 Å². The molecular weight excluding hydrogens is 296 g/mol. The number of ether oxygens (including phenoxy) is 3. The first kappa shape index (κ1) is 18.8. The third kappa shape index (κ3) is 5.81. The molecule has 0 aliphatic carbocycles. The number of amides is 1. The van der Waals surface area contributed by atoms with E-state index < -0.39 is 0 Å². The van der Waals surface area contributed by atoms with Crippen LogP contribution in [-0.2, 0) is 0 Å². The Morgan fingerprint density at radius 2 is 1.61 bits per heavy atom. The lowest BCUT2D eigenvalue weighted by Gasteiger charge is -2.16. The topological polar surface area (TPSA) is 69.2 Å². The molecule has 0 heterocycles. The number of hydrogen-bond acceptors (Lipinski definition) is 5. The summed E-state index contributed by atoms with van der Waals surface area (Å²) in [6, 6.07) is 3.27. The summed E-state index contributed by atoms with van der Waals surface area (Å²) in [5, 5.41) is 3.92. The molecule has 1 amide bonds. The fourth-order valence-electron chi connectivity index (χ4n) is 1.83. The van der Waals surface area contributed by atoms with Gasteiger partial charge in [0.2, 0.25) is 5.75 Å². The molecule has 0 saturated heterocycles. The number of nitrogens with zero attached hydrogens (tertiary/aromatic N) is 1. The van der Waals surface area contributed by atoms with E-state index in [0.29, 0.717) is 42.6 Å². The number of hydrogen-bond donors (Lipinski definition) is 1. The van der Waals surface area contributed by atoms with Crippen LogP contribution >= 0.6 is 0 Å². The zero-order chi connectivity index (χ0) is 17.2. The van der Waals surface area contributed by atoms with Crippen LogP contribution in [0.4, 0.5) is 0 Å². The molecule has 23 heavy (non-hydrogen) atoms. The highest BCUT2D eigenvalue weighted by Gasteiger charge is 2.18. The predicted octanol–water partition coefficient (Wildman–Crippen LogP) is 3.25. The SMILES string of the molecule is CCOc1cc(C(=O)N/N=C/C(C)C)cc(OCC)c1OCC. The van der Waals surface area contributed by atoms with Crippen LogP contribution in [0.2, 0.25) is 0 Å². The van der Waals surface area contributed by atoms with Gasteiger partial charge in [0.15, 0.2) is 11.5 Å². The number of carbonyl (C=O) groups is 1. The van der Waals surface area contributed by atoms with Crippen LogP contribution in [0, 0.1) is 5.92 Å². The Kier molecular flexibility index (Phi) is 7.94. The van der Waals surface area contributed by atoms with Gasteiger partial charge < -0.3 is 14.2 Å². The molecule has 0 bridgehead atoms. The molecule has 6 heteroatoms. The van der Waals surface area contributed by atoms with Gasteiger partial charge in [-0.05, 0) is 38.8 Å². The Hall–Kier alpha value is -2.24. The third-order valence-electron chi connectivity index (χ3n) is 2.71. The lowest BCUT2D eigenvalue weighted by Crippen LogP contribution is -2.18. The summed E-state index contributed by atoms with van der Waals surface area (Å²) in [5.41, 5.74) is 2.90. The van der Waals surface area contributed by atoms with Gasteiger partial charge in [0.1, 0.15) is 0 Å². The van der Waals surface area contributed by atoms with Crippen molar-refractivity contribution in [1.29, 1.82) is 0 Å². The minimum atomic E-state index is -0.327. The fraction of sp³-hybridized carbons (Fsp3) is 0.529. The summed E-state index contributed by atoms with van der Waals surface area (Å²) in [5.74, 6) is 1.41. The first-order valence-electron chi connectivity index (χ1n) is 7.93. The van der Waals surface area contributed by atoms with Crippen molar-refractivity contribution in [2.75, 3.05) is 19.8 Å². The maximum atomic E-state index is 12.2. The summed E-state index contributed by atoms with van der Waals surface area (Å²) < 4.78 is 16.8. The van der Waals surface area contributed by atoms with E-state index in [4.69, 9.17) is 14.2 Å². The lowest BCUT2D eigenvalue weighted by molar-refractivity contribution is 0.0954. The molecule has 0 spiro atoms. The van der Waals surface area contributed by atoms with Gasteiger partial charge in [0.25, 0.3) is 5.91 Å².